The van der Waals surface area contributed by atoms with Crippen molar-refractivity contribution in [2.75, 3.05) is 0 Å². The number of hydrogen-bond acceptors (Lipinski definition) is 1. The molecule has 1 aromatic carbocycles. The molecule has 2 aliphatic carbocycles. The van der Waals surface area contributed by atoms with Crippen molar-refractivity contribution in [1.82, 2.24) is 5.32 Å². The molecule has 0 saturated heterocycles. The molecule has 2 fully saturated rings. The minimum Gasteiger partial charge on any atom is -0.353 e. The molecule has 21 heavy (non-hydrogen) atoms. The third kappa shape index (κ3) is 3.48. The topological polar surface area (TPSA) is 29.1 Å². The largest absolute Gasteiger partial charge is 0.353 e. The van der Waals surface area contributed by atoms with Gasteiger partial charge in [0.25, 0.3) is 0 Å². The zero-order valence-electron chi connectivity index (χ0n) is 12.9. The molecule has 0 heterocycles. The molecule has 0 aromatic heterocycles. The maximum atomic E-state index is 12.9. The van der Waals surface area contributed by atoms with Crippen molar-refractivity contribution in [3.8, 4) is 0 Å². The van der Waals surface area contributed by atoms with Gasteiger partial charge in [-0.3, -0.25) is 4.79 Å². The van der Waals surface area contributed by atoms with Gasteiger partial charge in [0, 0.05) is 6.04 Å². The Morgan fingerprint density at radius 1 is 1.00 bits per heavy atom. The van der Waals surface area contributed by atoms with Crippen LogP contribution in [0.1, 0.15) is 63.4 Å². The minimum atomic E-state index is -0.140. The van der Waals surface area contributed by atoms with E-state index in [2.05, 4.69) is 29.6 Å². The highest BCUT2D eigenvalue weighted by Crippen LogP contribution is 2.41. The van der Waals surface area contributed by atoms with Crippen molar-refractivity contribution in [2.24, 2.45) is 5.41 Å². The van der Waals surface area contributed by atoms with E-state index >= 15 is 0 Å². The molecule has 0 unspecified atom stereocenters. The van der Waals surface area contributed by atoms with E-state index in [9.17, 15) is 4.79 Å². The molecule has 0 radical (unpaired) electrons. The van der Waals surface area contributed by atoms with Gasteiger partial charge in [-0.25, -0.2) is 0 Å². The Hall–Kier alpha value is -1.31. The summed E-state index contributed by atoms with van der Waals surface area (Å²) in [7, 11) is 0. The van der Waals surface area contributed by atoms with E-state index in [-0.39, 0.29) is 5.41 Å². The summed E-state index contributed by atoms with van der Waals surface area (Å²) in [6.07, 6.45) is 11.7. The zero-order valence-corrected chi connectivity index (χ0v) is 12.9. The lowest BCUT2D eigenvalue weighted by Crippen LogP contribution is -2.46. The van der Waals surface area contributed by atoms with Crippen LogP contribution in [0.4, 0.5) is 0 Å². The lowest BCUT2D eigenvalue weighted by molar-refractivity contribution is -0.131. The SMILES string of the molecule is O=C(NC1CCCCC1)C1(Cc2ccccc2)CCCC1. The van der Waals surface area contributed by atoms with Crippen molar-refractivity contribution in [3.63, 3.8) is 0 Å². The standard InChI is InChI=1S/C19H27NO/c21-18(20-17-11-5-2-6-12-17)19(13-7-8-14-19)15-16-9-3-1-4-10-16/h1,3-4,9-10,17H,2,5-8,11-15H2,(H,20,21). The van der Waals surface area contributed by atoms with Gasteiger partial charge >= 0.3 is 0 Å². The second-order valence-electron chi connectivity index (χ2n) is 6.96. The normalized spacial score (nSPS) is 22.1. The van der Waals surface area contributed by atoms with Crippen molar-refractivity contribution < 1.29 is 4.79 Å². The quantitative estimate of drug-likeness (QED) is 0.881. The molecule has 1 N–H and O–H groups in total. The Labute approximate surface area is 128 Å². The van der Waals surface area contributed by atoms with E-state index in [1.54, 1.807) is 0 Å². The summed E-state index contributed by atoms with van der Waals surface area (Å²) in [5.41, 5.74) is 1.16. The van der Waals surface area contributed by atoms with E-state index in [1.165, 1.54) is 50.5 Å². The van der Waals surface area contributed by atoms with Crippen LogP contribution in [0.15, 0.2) is 30.3 Å². The Kier molecular flexibility index (Phi) is 4.62. The molecule has 1 amide bonds. The van der Waals surface area contributed by atoms with Crippen LogP contribution in [0.2, 0.25) is 0 Å². The van der Waals surface area contributed by atoms with Gasteiger partial charge in [-0.1, -0.05) is 62.4 Å². The van der Waals surface area contributed by atoms with Crippen LogP contribution >= 0.6 is 0 Å². The number of rotatable bonds is 4. The Bertz CT molecular complexity index is 456. The van der Waals surface area contributed by atoms with E-state index in [0.29, 0.717) is 11.9 Å². The lowest BCUT2D eigenvalue weighted by atomic mass is 9.78. The highest BCUT2D eigenvalue weighted by Gasteiger charge is 2.41. The molecule has 2 aliphatic rings. The monoisotopic (exact) mass is 285 g/mol. The molecular formula is C19H27NO. The Morgan fingerprint density at radius 3 is 2.33 bits per heavy atom. The second-order valence-corrected chi connectivity index (χ2v) is 6.96. The van der Waals surface area contributed by atoms with Gasteiger partial charge in [0.05, 0.1) is 5.41 Å². The first-order chi connectivity index (χ1) is 10.3. The van der Waals surface area contributed by atoms with Gasteiger partial charge in [0.2, 0.25) is 5.91 Å². The fourth-order valence-corrected chi connectivity index (χ4v) is 4.11. The number of nitrogens with one attached hydrogen (secondary N) is 1. The van der Waals surface area contributed by atoms with Crippen LogP contribution < -0.4 is 5.32 Å². The summed E-state index contributed by atoms with van der Waals surface area (Å²) in [6.45, 7) is 0. The Morgan fingerprint density at radius 2 is 1.67 bits per heavy atom. The smallest absolute Gasteiger partial charge is 0.226 e. The van der Waals surface area contributed by atoms with Crippen molar-refractivity contribution in [2.45, 2.75) is 70.3 Å². The van der Waals surface area contributed by atoms with Crippen LogP contribution in [0.5, 0.6) is 0 Å². The van der Waals surface area contributed by atoms with Crippen molar-refractivity contribution in [3.05, 3.63) is 35.9 Å². The number of carbonyl (C=O) groups is 1. The van der Waals surface area contributed by atoms with Crippen LogP contribution in [0.25, 0.3) is 0 Å². The van der Waals surface area contributed by atoms with Crippen LogP contribution in [-0.2, 0) is 11.2 Å². The van der Waals surface area contributed by atoms with E-state index < -0.39 is 0 Å². The molecule has 0 bridgehead atoms. The summed E-state index contributed by atoms with van der Waals surface area (Å²) in [5.74, 6) is 0.329. The highest BCUT2D eigenvalue weighted by atomic mass is 16.2. The van der Waals surface area contributed by atoms with Gasteiger partial charge in [-0.15, -0.1) is 0 Å². The fraction of sp³-hybridized carbons (Fsp3) is 0.632. The van der Waals surface area contributed by atoms with Crippen molar-refractivity contribution >= 4 is 5.91 Å². The summed E-state index contributed by atoms with van der Waals surface area (Å²) in [4.78, 5) is 12.9. The molecular weight excluding hydrogens is 258 g/mol. The molecule has 3 rings (SSSR count). The van der Waals surface area contributed by atoms with Gasteiger partial charge in [-0.2, -0.15) is 0 Å². The molecule has 0 atom stereocenters. The van der Waals surface area contributed by atoms with E-state index in [4.69, 9.17) is 0 Å². The summed E-state index contributed by atoms with van der Waals surface area (Å²) in [5, 5.41) is 3.38. The molecule has 2 saturated carbocycles. The summed E-state index contributed by atoms with van der Waals surface area (Å²) in [6, 6.07) is 11.0. The van der Waals surface area contributed by atoms with Gasteiger partial charge in [0.15, 0.2) is 0 Å². The first-order valence-corrected chi connectivity index (χ1v) is 8.63. The molecule has 2 nitrogen and oxygen atoms in total. The van der Waals surface area contributed by atoms with E-state index in [1.807, 2.05) is 6.07 Å². The molecule has 2 heteroatoms. The third-order valence-electron chi connectivity index (χ3n) is 5.37. The number of amides is 1. The van der Waals surface area contributed by atoms with Crippen LogP contribution in [0.3, 0.4) is 0 Å². The maximum Gasteiger partial charge on any atom is 0.226 e. The third-order valence-corrected chi connectivity index (χ3v) is 5.37. The molecule has 1 aromatic rings. The number of benzene rings is 1. The van der Waals surface area contributed by atoms with Gasteiger partial charge in [0.1, 0.15) is 0 Å². The summed E-state index contributed by atoms with van der Waals surface area (Å²) >= 11 is 0. The first-order valence-electron chi connectivity index (χ1n) is 8.63. The molecule has 0 aliphatic heterocycles. The number of carbonyl (C=O) groups excluding carboxylic acids is 1. The maximum absolute atomic E-state index is 12.9. The first kappa shape index (κ1) is 14.6. The predicted octanol–water partition coefficient (Wildman–Crippen LogP) is 4.24. The average Bonchev–Trinajstić information content (AvgIpc) is 2.99. The predicted molar refractivity (Wildman–Crippen MR) is 86.1 cm³/mol. The average molecular weight is 285 g/mol. The second kappa shape index (κ2) is 6.64. The van der Waals surface area contributed by atoms with Crippen LogP contribution in [-0.4, -0.2) is 11.9 Å². The highest BCUT2D eigenvalue weighted by molar-refractivity contribution is 5.83. The van der Waals surface area contributed by atoms with Crippen LogP contribution in [0, 0.1) is 5.41 Å². The lowest BCUT2D eigenvalue weighted by Gasteiger charge is -2.32. The molecule has 114 valence electrons. The minimum absolute atomic E-state index is 0.140. The summed E-state index contributed by atoms with van der Waals surface area (Å²) < 4.78 is 0. The van der Waals surface area contributed by atoms with Gasteiger partial charge < -0.3 is 5.32 Å². The van der Waals surface area contributed by atoms with Gasteiger partial charge in [-0.05, 0) is 37.7 Å². The Balaban J connectivity index is 1.69. The van der Waals surface area contributed by atoms with E-state index in [0.717, 1.165) is 19.3 Å². The zero-order chi connectivity index (χ0) is 14.5. The fourth-order valence-electron chi connectivity index (χ4n) is 4.11. The number of hydrogen-bond donors (Lipinski definition) is 1. The molecule has 0 spiro atoms. The van der Waals surface area contributed by atoms with Crippen molar-refractivity contribution in [1.29, 1.82) is 0 Å².